The lowest BCUT2D eigenvalue weighted by atomic mass is 10.0. The van der Waals surface area contributed by atoms with Gasteiger partial charge in [-0.25, -0.2) is 8.78 Å². The Morgan fingerprint density at radius 3 is 2.50 bits per heavy atom. The van der Waals surface area contributed by atoms with E-state index in [-0.39, 0.29) is 11.6 Å². The van der Waals surface area contributed by atoms with Gasteiger partial charge in [0, 0.05) is 17.6 Å². The molecule has 78 valence electrons. The van der Waals surface area contributed by atoms with Crippen LogP contribution in [0.4, 0.5) is 8.78 Å². The van der Waals surface area contributed by atoms with Crippen molar-refractivity contribution in [2.45, 2.75) is 25.4 Å². The molecule has 4 N–H and O–H groups in total. The van der Waals surface area contributed by atoms with E-state index in [1.54, 1.807) is 6.92 Å². The first-order valence-electron chi connectivity index (χ1n) is 4.47. The summed E-state index contributed by atoms with van der Waals surface area (Å²) in [6.07, 6.45) is 0.431. The molecule has 14 heavy (non-hydrogen) atoms. The second-order valence-corrected chi connectivity index (χ2v) is 3.49. The lowest BCUT2D eigenvalue weighted by Gasteiger charge is -2.15. The van der Waals surface area contributed by atoms with Crippen molar-refractivity contribution >= 4 is 0 Å². The maximum absolute atomic E-state index is 13.2. The highest BCUT2D eigenvalue weighted by Gasteiger charge is 2.13. The Morgan fingerprint density at radius 2 is 1.93 bits per heavy atom. The van der Waals surface area contributed by atoms with Crippen LogP contribution in [-0.2, 0) is 0 Å². The molecule has 2 atom stereocenters. The summed E-state index contributed by atoms with van der Waals surface area (Å²) in [6, 6.07) is 2.57. The van der Waals surface area contributed by atoms with Gasteiger partial charge in [0.05, 0.1) is 0 Å². The second-order valence-electron chi connectivity index (χ2n) is 3.49. The average Bonchev–Trinajstić information content (AvgIpc) is 2.08. The highest BCUT2D eigenvalue weighted by atomic mass is 19.1. The van der Waals surface area contributed by atoms with Crippen molar-refractivity contribution < 1.29 is 8.78 Å². The largest absolute Gasteiger partial charge is 0.328 e. The summed E-state index contributed by atoms with van der Waals surface area (Å²) in [5, 5.41) is 0. The van der Waals surface area contributed by atoms with Crippen LogP contribution in [0.3, 0.4) is 0 Å². The SMILES string of the molecule is CC(N)CC(N)c1cc(F)ccc1F. The van der Waals surface area contributed by atoms with E-state index in [9.17, 15) is 8.78 Å². The van der Waals surface area contributed by atoms with Gasteiger partial charge in [-0.3, -0.25) is 0 Å². The minimum atomic E-state index is -0.550. The van der Waals surface area contributed by atoms with Gasteiger partial charge in [-0.05, 0) is 31.5 Å². The van der Waals surface area contributed by atoms with E-state index < -0.39 is 17.7 Å². The number of hydrogen-bond acceptors (Lipinski definition) is 2. The zero-order chi connectivity index (χ0) is 10.7. The molecule has 0 heterocycles. The summed E-state index contributed by atoms with van der Waals surface area (Å²) in [5.74, 6) is -0.971. The number of rotatable bonds is 3. The first kappa shape index (κ1) is 11.1. The maximum atomic E-state index is 13.2. The predicted octanol–water partition coefficient (Wildman–Crippen LogP) is 1.70. The van der Waals surface area contributed by atoms with Gasteiger partial charge in [0.2, 0.25) is 0 Å². The van der Waals surface area contributed by atoms with Crippen LogP contribution in [-0.4, -0.2) is 6.04 Å². The first-order chi connectivity index (χ1) is 6.50. The maximum Gasteiger partial charge on any atom is 0.128 e. The lowest BCUT2D eigenvalue weighted by Crippen LogP contribution is -2.23. The van der Waals surface area contributed by atoms with Crippen LogP contribution in [0, 0.1) is 11.6 Å². The van der Waals surface area contributed by atoms with Crippen molar-refractivity contribution in [1.82, 2.24) is 0 Å². The molecule has 0 aliphatic carbocycles. The molecule has 2 unspecified atom stereocenters. The Morgan fingerprint density at radius 1 is 1.29 bits per heavy atom. The fourth-order valence-corrected chi connectivity index (χ4v) is 1.33. The fourth-order valence-electron chi connectivity index (χ4n) is 1.33. The van der Waals surface area contributed by atoms with Crippen LogP contribution >= 0.6 is 0 Å². The molecule has 0 radical (unpaired) electrons. The van der Waals surface area contributed by atoms with E-state index in [0.717, 1.165) is 18.2 Å². The Bertz CT molecular complexity index is 313. The fraction of sp³-hybridized carbons (Fsp3) is 0.400. The monoisotopic (exact) mass is 200 g/mol. The molecule has 0 aromatic heterocycles. The van der Waals surface area contributed by atoms with Crippen molar-refractivity contribution in [2.24, 2.45) is 11.5 Å². The van der Waals surface area contributed by atoms with Crippen molar-refractivity contribution in [1.29, 1.82) is 0 Å². The van der Waals surface area contributed by atoms with Crippen LogP contribution < -0.4 is 11.5 Å². The molecule has 1 aromatic rings. The molecular formula is C10H14F2N2. The summed E-state index contributed by atoms with van der Waals surface area (Å²) in [7, 11) is 0. The summed E-state index contributed by atoms with van der Waals surface area (Å²) in [4.78, 5) is 0. The standard InChI is InChI=1S/C10H14F2N2/c1-6(13)4-10(14)8-5-7(11)2-3-9(8)12/h2-3,5-6,10H,4,13-14H2,1H3. The average molecular weight is 200 g/mol. The molecule has 4 heteroatoms. The highest BCUT2D eigenvalue weighted by molar-refractivity contribution is 5.22. The van der Waals surface area contributed by atoms with Crippen LogP contribution in [0.25, 0.3) is 0 Å². The number of nitrogens with two attached hydrogens (primary N) is 2. The third-order valence-electron chi connectivity index (χ3n) is 1.98. The van der Waals surface area contributed by atoms with E-state index in [0.29, 0.717) is 6.42 Å². The minimum absolute atomic E-state index is 0.132. The molecule has 2 nitrogen and oxygen atoms in total. The molecule has 0 amide bonds. The predicted molar refractivity (Wildman–Crippen MR) is 51.6 cm³/mol. The van der Waals surface area contributed by atoms with Crippen molar-refractivity contribution in [3.63, 3.8) is 0 Å². The Kier molecular flexibility index (Phi) is 3.55. The molecule has 0 aliphatic rings. The third kappa shape index (κ3) is 2.75. The topological polar surface area (TPSA) is 52.0 Å². The molecule has 0 fully saturated rings. The quantitative estimate of drug-likeness (QED) is 0.780. The minimum Gasteiger partial charge on any atom is -0.328 e. The lowest BCUT2D eigenvalue weighted by molar-refractivity contribution is 0.520. The van der Waals surface area contributed by atoms with Gasteiger partial charge in [-0.15, -0.1) is 0 Å². The van der Waals surface area contributed by atoms with E-state index >= 15 is 0 Å². The number of halogens is 2. The Labute approximate surface area is 81.9 Å². The zero-order valence-corrected chi connectivity index (χ0v) is 8.00. The number of benzene rings is 1. The number of hydrogen-bond donors (Lipinski definition) is 2. The Hall–Kier alpha value is -1.00. The van der Waals surface area contributed by atoms with E-state index in [4.69, 9.17) is 11.5 Å². The highest BCUT2D eigenvalue weighted by Crippen LogP contribution is 2.19. The van der Waals surface area contributed by atoms with Gasteiger partial charge in [0.25, 0.3) is 0 Å². The molecule has 0 aliphatic heterocycles. The van der Waals surface area contributed by atoms with Crippen molar-refractivity contribution in [3.05, 3.63) is 35.4 Å². The third-order valence-corrected chi connectivity index (χ3v) is 1.98. The van der Waals surface area contributed by atoms with Gasteiger partial charge in [-0.1, -0.05) is 0 Å². The zero-order valence-electron chi connectivity index (χ0n) is 8.00. The molecule has 0 spiro atoms. The van der Waals surface area contributed by atoms with E-state index in [1.165, 1.54) is 0 Å². The van der Waals surface area contributed by atoms with Crippen LogP contribution in [0.2, 0.25) is 0 Å². The molecule has 0 saturated carbocycles. The summed E-state index contributed by atoms with van der Waals surface area (Å²) < 4.78 is 26.0. The molecule has 1 rings (SSSR count). The van der Waals surface area contributed by atoms with Gasteiger partial charge < -0.3 is 11.5 Å². The smallest absolute Gasteiger partial charge is 0.128 e. The van der Waals surface area contributed by atoms with Gasteiger partial charge in [0.1, 0.15) is 11.6 Å². The molecule has 0 saturated heterocycles. The van der Waals surface area contributed by atoms with Crippen LogP contribution in [0.1, 0.15) is 24.9 Å². The van der Waals surface area contributed by atoms with Gasteiger partial charge in [0.15, 0.2) is 0 Å². The molecular weight excluding hydrogens is 186 g/mol. The second kappa shape index (κ2) is 4.48. The normalized spacial score (nSPS) is 15.2. The van der Waals surface area contributed by atoms with E-state index in [1.807, 2.05) is 0 Å². The molecule has 1 aromatic carbocycles. The van der Waals surface area contributed by atoms with Gasteiger partial charge >= 0.3 is 0 Å². The van der Waals surface area contributed by atoms with E-state index in [2.05, 4.69) is 0 Å². The summed E-state index contributed by atoms with van der Waals surface area (Å²) in [5.41, 5.74) is 11.4. The van der Waals surface area contributed by atoms with Crippen molar-refractivity contribution in [2.75, 3.05) is 0 Å². The first-order valence-corrected chi connectivity index (χ1v) is 4.47. The Balaban J connectivity index is 2.88. The van der Waals surface area contributed by atoms with Crippen LogP contribution in [0.5, 0.6) is 0 Å². The molecule has 0 bridgehead atoms. The summed E-state index contributed by atoms with van der Waals surface area (Å²) >= 11 is 0. The van der Waals surface area contributed by atoms with Crippen LogP contribution in [0.15, 0.2) is 18.2 Å². The van der Waals surface area contributed by atoms with Gasteiger partial charge in [-0.2, -0.15) is 0 Å². The summed E-state index contributed by atoms with van der Waals surface area (Å²) in [6.45, 7) is 1.77. The van der Waals surface area contributed by atoms with Crippen molar-refractivity contribution in [3.8, 4) is 0 Å².